The van der Waals surface area contributed by atoms with Crippen LogP contribution in [0.3, 0.4) is 0 Å². The maximum atomic E-state index is 11.9. The van der Waals surface area contributed by atoms with Crippen molar-refractivity contribution in [3.05, 3.63) is 54.3 Å². The van der Waals surface area contributed by atoms with E-state index in [0.717, 1.165) is 52.2 Å². The second-order valence-corrected chi connectivity index (χ2v) is 7.96. The molecule has 2 aliphatic heterocycles. The fourth-order valence-electron chi connectivity index (χ4n) is 4.58. The number of anilines is 1. The number of amides is 1. The molecule has 2 aliphatic rings. The van der Waals surface area contributed by atoms with Gasteiger partial charge in [0, 0.05) is 37.0 Å². The van der Waals surface area contributed by atoms with Gasteiger partial charge in [-0.05, 0) is 37.3 Å². The van der Waals surface area contributed by atoms with Crippen molar-refractivity contribution < 1.29 is 4.79 Å². The topological polar surface area (TPSA) is 102 Å². The Labute approximate surface area is 174 Å². The highest BCUT2D eigenvalue weighted by atomic mass is 16.1. The van der Waals surface area contributed by atoms with E-state index in [2.05, 4.69) is 50.5 Å². The maximum Gasteiger partial charge on any atom is 0.243 e. The number of carbonyl (C=O) groups excluding carboxylic acids is 1. The first-order valence-corrected chi connectivity index (χ1v) is 9.87. The van der Waals surface area contributed by atoms with Gasteiger partial charge < -0.3 is 15.6 Å². The molecule has 0 aromatic carbocycles. The summed E-state index contributed by atoms with van der Waals surface area (Å²) in [6.07, 6.45) is 6.75. The van der Waals surface area contributed by atoms with Gasteiger partial charge in [0.2, 0.25) is 5.91 Å². The monoisotopic (exact) mass is 401 g/mol. The van der Waals surface area contributed by atoms with E-state index in [-0.39, 0.29) is 11.9 Å². The molecule has 0 spiro atoms. The summed E-state index contributed by atoms with van der Waals surface area (Å²) in [5, 5.41) is 3.78. The first-order valence-electron chi connectivity index (χ1n) is 9.87. The van der Waals surface area contributed by atoms with Crippen LogP contribution in [0.5, 0.6) is 0 Å². The molecule has 0 bridgehead atoms. The van der Waals surface area contributed by atoms with Crippen LogP contribution in [-0.2, 0) is 24.4 Å². The van der Waals surface area contributed by atoms with Crippen LogP contribution in [0.15, 0.2) is 37.3 Å². The molecular weight excluding hydrogens is 378 g/mol. The lowest BCUT2D eigenvalue weighted by atomic mass is 9.97. The van der Waals surface area contributed by atoms with Gasteiger partial charge in [0.1, 0.15) is 17.8 Å². The largest absolute Gasteiger partial charge is 0.383 e. The number of nitrogens with zero attached hydrogens (tertiary/aromatic N) is 5. The zero-order valence-corrected chi connectivity index (χ0v) is 17.0. The summed E-state index contributed by atoms with van der Waals surface area (Å²) in [5.41, 5.74) is 13.5. The summed E-state index contributed by atoms with van der Waals surface area (Å²) >= 11 is 0. The number of pyridine rings is 1. The molecule has 0 saturated heterocycles. The lowest BCUT2D eigenvalue weighted by molar-refractivity contribution is -0.116. The van der Waals surface area contributed by atoms with Crippen molar-refractivity contribution in [2.45, 2.75) is 32.6 Å². The summed E-state index contributed by atoms with van der Waals surface area (Å²) in [7, 11) is 2.09. The van der Waals surface area contributed by atoms with Crippen molar-refractivity contribution in [3.63, 3.8) is 0 Å². The smallest absolute Gasteiger partial charge is 0.243 e. The number of nitrogens with two attached hydrogens (primary N) is 1. The number of aromatic nitrogens is 4. The fourth-order valence-corrected chi connectivity index (χ4v) is 4.58. The highest BCUT2D eigenvalue weighted by Crippen LogP contribution is 2.42. The molecule has 1 atom stereocenters. The average Bonchev–Trinajstić information content (AvgIpc) is 3.25. The number of hydrogen-bond donors (Lipinski definition) is 2. The quantitative estimate of drug-likeness (QED) is 0.652. The van der Waals surface area contributed by atoms with Crippen LogP contribution in [0.4, 0.5) is 5.82 Å². The maximum absolute atomic E-state index is 11.9. The third-order valence-electron chi connectivity index (χ3n) is 5.79. The third kappa shape index (κ3) is 2.80. The molecule has 152 valence electrons. The summed E-state index contributed by atoms with van der Waals surface area (Å²) in [5.74, 6) is 0.235. The predicted molar refractivity (Wildman–Crippen MR) is 116 cm³/mol. The first-order chi connectivity index (χ1) is 14.5. The molecule has 0 unspecified atom stereocenters. The van der Waals surface area contributed by atoms with Crippen LogP contribution in [0.2, 0.25) is 0 Å². The van der Waals surface area contributed by atoms with Gasteiger partial charge in [-0.2, -0.15) is 0 Å². The highest BCUT2D eigenvalue weighted by Gasteiger charge is 2.29. The summed E-state index contributed by atoms with van der Waals surface area (Å²) in [6, 6.07) is 2.04. The van der Waals surface area contributed by atoms with E-state index in [1.807, 2.05) is 13.1 Å². The zero-order valence-electron chi connectivity index (χ0n) is 17.0. The van der Waals surface area contributed by atoms with E-state index < -0.39 is 0 Å². The molecule has 0 radical (unpaired) electrons. The molecule has 8 nitrogen and oxygen atoms in total. The molecule has 0 saturated carbocycles. The number of fused-ring (bicyclic) bond motifs is 4. The van der Waals surface area contributed by atoms with Crippen LogP contribution in [-0.4, -0.2) is 43.4 Å². The van der Waals surface area contributed by atoms with Crippen molar-refractivity contribution >= 4 is 28.3 Å². The van der Waals surface area contributed by atoms with E-state index in [1.54, 1.807) is 0 Å². The summed E-state index contributed by atoms with van der Waals surface area (Å²) in [6.45, 7) is 7.87. The minimum Gasteiger partial charge on any atom is -0.383 e. The van der Waals surface area contributed by atoms with Crippen LogP contribution in [0.25, 0.3) is 27.7 Å². The molecule has 0 fully saturated rings. The molecule has 5 heterocycles. The van der Waals surface area contributed by atoms with Gasteiger partial charge >= 0.3 is 0 Å². The van der Waals surface area contributed by atoms with E-state index >= 15 is 0 Å². The van der Waals surface area contributed by atoms with Gasteiger partial charge in [0.05, 0.1) is 22.8 Å². The van der Waals surface area contributed by atoms with Crippen molar-refractivity contribution in [1.29, 1.82) is 0 Å². The van der Waals surface area contributed by atoms with Crippen molar-refractivity contribution in [3.8, 4) is 11.1 Å². The van der Waals surface area contributed by atoms with Gasteiger partial charge in [0.15, 0.2) is 0 Å². The Morgan fingerprint density at radius 2 is 2.17 bits per heavy atom. The number of hydrogen-bond acceptors (Lipinski definition) is 6. The molecule has 3 N–H and O–H groups in total. The molecular formula is C22H23N7O. The zero-order chi connectivity index (χ0) is 21.0. The molecule has 0 aliphatic carbocycles. The van der Waals surface area contributed by atoms with Crippen LogP contribution in [0.1, 0.15) is 23.9 Å². The van der Waals surface area contributed by atoms with Crippen molar-refractivity contribution in [2.24, 2.45) is 0 Å². The summed E-state index contributed by atoms with van der Waals surface area (Å²) in [4.78, 5) is 27.6. The van der Waals surface area contributed by atoms with Crippen LogP contribution < -0.4 is 11.1 Å². The molecule has 30 heavy (non-hydrogen) atoms. The van der Waals surface area contributed by atoms with E-state index in [0.29, 0.717) is 12.4 Å². The van der Waals surface area contributed by atoms with E-state index in [1.165, 1.54) is 18.0 Å². The Balaban J connectivity index is 1.72. The van der Waals surface area contributed by atoms with E-state index in [9.17, 15) is 4.79 Å². The lowest BCUT2D eigenvalue weighted by Gasteiger charge is -2.24. The minimum absolute atomic E-state index is 0.158. The predicted octanol–water partition coefficient (Wildman–Crippen LogP) is 2.11. The van der Waals surface area contributed by atoms with Gasteiger partial charge in [-0.1, -0.05) is 12.7 Å². The Morgan fingerprint density at radius 1 is 1.33 bits per heavy atom. The molecule has 8 heteroatoms. The molecule has 5 rings (SSSR count). The van der Waals surface area contributed by atoms with Gasteiger partial charge in [-0.25, -0.2) is 9.97 Å². The minimum atomic E-state index is -0.203. The number of carbonyl (C=O) groups is 1. The number of rotatable bonds is 3. The normalized spacial score (nSPS) is 18.1. The lowest BCUT2D eigenvalue weighted by Crippen LogP contribution is -2.37. The Morgan fingerprint density at radius 3 is 2.97 bits per heavy atom. The van der Waals surface area contributed by atoms with Crippen molar-refractivity contribution in [2.75, 3.05) is 12.8 Å². The number of allylic oxidation sites excluding steroid dienone is 1. The van der Waals surface area contributed by atoms with Gasteiger partial charge in [0.25, 0.3) is 0 Å². The molecule has 3 aromatic heterocycles. The summed E-state index contributed by atoms with van der Waals surface area (Å²) < 4.78 is 2.12. The standard InChI is InChI=1S/C22H23N7O/c1-4-17(30)27-15-5-12(2)20-18(13-6-14-8-28(3)10-16(14)24-7-13)19-21(23)25-11-26-22(19)29(20)9-15/h4-7,11,15H,1,8-10H2,2-3H3,(H,27,30)(H2,23,25,26)/t15-/m0/s1. The number of nitrogens with one attached hydrogen (secondary N) is 1. The van der Waals surface area contributed by atoms with E-state index in [4.69, 9.17) is 10.7 Å². The van der Waals surface area contributed by atoms with Crippen LogP contribution >= 0.6 is 0 Å². The molecule has 3 aromatic rings. The van der Waals surface area contributed by atoms with Crippen molar-refractivity contribution in [1.82, 2.24) is 29.7 Å². The Hall–Kier alpha value is -3.52. The van der Waals surface area contributed by atoms with Crippen LogP contribution in [0, 0.1) is 0 Å². The second-order valence-electron chi connectivity index (χ2n) is 7.96. The Bertz CT molecular complexity index is 1240. The molecule has 1 amide bonds. The Kier molecular flexibility index (Phi) is 4.18. The fraction of sp³-hybridized carbons (Fsp3) is 0.273. The average molecular weight is 401 g/mol. The first kappa shape index (κ1) is 18.5. The SMILES string of the molecule is C=CC(=O)N[C@H]1C=C(C)c2c(-c3cnc4c(c3)CN(C)C4)c3c(N)ncnc3n2C1. The second kappa shape index (κ2) is 6.77. The third-order valence-corrected chi connectivity index (χ3v) is 5.79. The number of nitrogen functional groups attached to an aromatic ring is 1. The highest BCUT2D eigenvalue weighted by molar-refractivity contribution is 6.06. The van der Waals surface area contributed by atoms with Gasteiger partial charge in [-0.15, -0.1) is 0 Å². The van der Waals surface area contributed by atoms with Gasteiger partial charge in [-0.3, -0.25) is 14.7 Å².